The Bertz CT molecular complexity index is 3640. The standard InChI is InChI=1S/C61H43F6N/c62-52-28-42(29-53(63)60(52)66)48-26-38-12-3-7-18-46(38)58-50(48)25-37-15-9-14-36(37)24-40-22-20-34-10-1-5-16-44(34)56(40)57-41(23-21-35-11-2-6-17-45(35)57)32-68-33-51-49(43-30-54(64)61(67)55(65)31-43)27-39-13-4-8-19-47(39)59(51)58/h1-8,10-13,16-23,26-31,36-37,68H,9,14-15,24-25,32-33H2. The van der Waals surface area contributed by atoms with Gasteiger partial charge in [-0.2, -0.15) is 0 Å². The van der Waals surface area contributed by atoms with Crippen molar-refractivity contribution in [2.45, 2.75) is 45.2 Å². The van der Waals surface area contributed by atoms with Crippen LogP contribution < -0.4 is 5.32 Å². The lowest BCUT2D eigenvalue weighted by Gasteiger charge is -2.28. The largest absolute Gasteiger partial charge is 0.309 e. The number of nitrogens with one attached hydrogen (secondary N) is 1. The smallest absolute Gasteiger partial charge is 0.194 e. The van der Waals surface area contributed by atoms with Crippen molar-refractivity contribution in [2.75, 3.05) is 0 Å². The topological polar surface area (TPSA) is 12.0 Å². The quantitative estimate of drug-likeness (QED) is 0.135. The SMILES string of the molecule is Fc1cc(-c2cc3ccccc3c3c2CNCc2ccc4ccccc4c2-c2c(ccc4ccccc24)CC2CCCC2Cc2c(-c4cc(F)c(F)c(F)c4)cc4ccccc4c2-3)cc(F)c1F. The fourth-order valence-corrected chi connectivity index (χ4v) is 11.7. The lowest BCUT2D eigenvalue weighted by Crippen LogP contribution is -2.16. The van der Waals surface area contributed by atoms with Crippen molar-refractivity contribution in [3.05, 3.63) is 215 Å². The third-order valence-corrected chi connectivity index (χ3v) is 14.8. The maximum absolute atomic E-state index is 15.5. The molecule has 2 atom stereocenters. The number of hydrogen-bond donors (Lipinski definition) is 1. The summed E-state index contributed by atoms with van der Waals surface area (Å²) in [4.78, 5) is 0. The van der Waals surface area contributed by atoms with E-state index >= 15 is 17.6 Å². The Labute approximate surface area is 389 Å². The molecule has 334 valence electrons. The molecule has 1 saturated carbocycles. The minimum absolute atomic E-state index is 0.122. The van der Waals surface area contributed by atoms with Crippen LogP contribution in [0.1, 0.15) is 41.5 Å². The molecule has 0 aromatic heterocycles. The molecular weight excluding hydrogens is 861 g/mol. The molecule has 0 spiro atoms. The first-order valence-electron chi connectivity index (χ1n) is 23.3. The number of fused-ring (bicyclic) bond motifs is 15. The molecule has 7 heteroatoms. The van der Waals surface area contributed by atoms with E-state index in [0.717, 1.165) is 121 Å². The predicted octanol–water partition coefficient (Wildman–Crippen LogP) is 16.6. The first-order valence-corrected chi connectivity index (χ1v) is 23.3. The highest BCUT2D eigenvalue weighted by Gasteiger charge is 2.33. The van der Waals surface area contributed by atoms with E-state index in [9.17, 15) is 8.78 Å². The molecule has 1 nitrogen and oxygen atoms in total. The molecule has 10 aromatic carbocycles. The fourth-order valence-electron chi connectivity index (χ4n) is 11.7. The van der Waals surface area contributed by atoms with E-state index in [1.807, 2.05) is 60.7 Å². The van der Waals surface area contributed by atoms with Gasteiger partial charge in [-0.15, -0.1) is 0 Å². The molecule has 1 aliphatic carbocycles. The van der Waals surface area contributed by atoms with Gasteiger partial charge in [0.05, 0.1) is 0 Å². The highest BCUT2D eigenvalue weighted by molar-refractivity contribution is 6.12. The van der Waals surface area contributed by atoms with Gasteiger partial charge in [0, 0.05) is 13.1 Å². The normalized spacial score (nSPS) is 16.2. The summed E-state index contributed by atoms with van der Waals surface area (Å²) in [6.07, 6.45) is 4.20. The van der Waals surface area contributed by atoms with Crippen molar-refractivity contribution in [3.63, 3.8) is 0 Å². The zero-order chi connectivity index (χ0) is 46.2. The summed E-state index contributed by atoms with van der Waals surface area (Å²) in [6, 6.07) is 49.7. The van der Waals surface area contributed by atoms with Crippen molar-refractivity contribution >= 4 is 43.1 Å². The molecule has 1 aliphatic heterocycles. The van der Waals surface area contributed by atoms with Crippen molar-refractivity contribution < 1.29 is 26.3 Å². The van der Waals surface area contributed by atoms with Gasteiger partial charge in [-0.3, -0.25) is 0 Å². The second kappa shape index (κ2) is 16.8. The molecule has 10 aromatic rings. The molecule has 2 aliphatic rings. The van der Waals surface area contributed by atoms with Gasteiger partial charge >= 0.3 is 0 Å². The molecule has 1 heterocycles. The number of halogens is 6. The van der Waals surface area contributed by atoms with Crippen LogP contribution in [-0.4, -0.2) is 0 Å². The molecule has 1 fully saturated rings. The van der Waals surface area contributed by atoms with Gasteiger partial charge in [-0.25, -0.2) is 26.3 Å². The first kappa shape index (κ1) is 42.2. The number of rotatable bonds is 2. The molecule has 12 rings (SSSR count). The molecular formula is C61H43F6N. The van der Waals surface area contributed by atoms with Gasteiger partial charge in [-0.1, -0.05) is 128 Å². The third kappa shape index (κ3) is 7.05. The van der Waals surface area contributed by atoms with Gasteiger partial charge in [-0.05, 0) is 184 Å². The van der Waals surface area contributed by atoms with Crippen LogP contribution in [0.15, 0.2) is 158 Å². The average Bonchev–Trinajstić information content (AvgIpc) is 3.79. The monoisotopic (exact) mass is 903 g/mol. The van der Waals surface area contributed by atoms with Crippen LogP contribution in [0.4, 0.5) is 26.3 Å². The molecule has 0 amide bonds. The lowest BCUT2D eigenvalue weighted by atomic mass is 9.76. The summed E-state index contributed by atoms with van der Waals surface area (Å²) in [6.45, 7) is 0.614. The van der Waals surface area contributed by atoms with Crippen molar-refractivity contribution in [1.29, 1.82) is 0 Å². The van der Waals surface area contributed by atoms with Gasteiger partial charge < -0.3 is 5.32 Å². The lowest BCUT2D eigenvalue weighted by molar-refractivity contribution is 0.384. The maximum Gasteiger partial charge on any atom is 0.194 e. The van der Waals surface area contributed by atoms with Crippen LogP contribution in [0.25, 0.3) is 87.6 Å². The molecule has 68 heavy (non-hydrogen) atoms. The highest BCUT2D eigenvalue weighted by Crippen LogP contribution is 2.50. The molecule has 1 N–H and O–H groups in total. The van der Waals surface area contributed by atoms with E-state index in [-0.39, 0.29) is 29.5 Å². The number of benzene rings is 10. The van der Waals surface area contributed by atoms with E-state index in [0.29, 0.717) is 29.7 Å². The molecule has 0 saturated heterocycles. The fraction of sp³-hybridized carbons (Fsp3) is 0.148. The Hall–Kier alpha value is -7.22. The third-order valence-electron chi connectivity index (χ3n) is 14.8. The first-order chi connectivity index (χ1) is 33.2. The molecule has 2 unspecified atom stereocenters. The molecule has 0 radical (unpaired) electrons. The Morgan fingerprint density at radius 3 is 1.31 bits per heavy atom. The summed E-state index contributed by atoms with van der Waals surface area (Å²) in [5.74, 6) is -7.93. The highest BCUT2D eigenvalue weighted by atomic mass is 19.2. The Kier molecular flexibility index (Phi) is 10.4. The summed E-state index contributed by atoms with van der Waals surface area (Å²) >= 11 is 0. The van der Waals surface area contributed by atoms with Crippen LogP contribution >= 0.6 is 0 Å². The predicted molar refractivity (Wildman–Crippen MR) is 263 cm³/mol. The minimum atomic E-state index is -1.55. The van der Waals surface area contributed by atoms with E-state index in [2.05, 4.69) is 78.1 Å². The average molecular weight is 904 g/mol. The zero-order valence-electron chi connectivity index (χ0n) is 36.9. The van der Waals surface area contributed by atoms with Crippen molar-refractivity contribution in [2.24, 2.45) is 11.8 Å². The van der Waals surface area contributed by atoms with Gasteiger partial charge in [0.25, 0.3) is 0 Å². The number of hydrogen-bond acceptors (Lipinski definition) is 1. The van der Waals surface area contributed by atoms with E-state index < -0.39 is 34.9 Å². The summed E-state index contributed by atoms with van der Waals surface area (Å²) in [5, 5.41) is 11.6. The van der Waals surface area contributed by atoms with Crippen LogP contribution in [-0.2, 0) is 25.9 Å². The van der Waals surface area contributed by atoms with E-state index in [1.165, 1.54) is 11.1 Å². The van der Waals surface area contributed by atoms with Crippen LogP contribution in [0, 0.1) is 46.7 Å². The summed E-state index contributed by atoms with van der Waals surface area (Å²) < 4.78 is 91.6. The van der Waals surface area contributed by atoms with Crippen molar-refractivity contribution in [3.8, 4) is 44.5 Å². The van der Waals surface area contributed by atoms with Crippen LogP contribution in [0.5, 0.6) is 0 Å². The Morgan fingerprint density at radius 1 is 0.368 bits per heavy atom. The molecule has 0 bridgehead atoms. The second-order valence-electron chi connectivity index (χ2n) is 18.6. The zero-order valence-corrected chi connectivity index (χ0v) is 36.9. The Balaban J connectivity index is 1.21. The van der Waals surface area contributed by atoms with Gasteiger partial charge in [0.2, 0.25) is 0 Å². The van der Waals surface area contributed by atoms with Crippen LogP contribution in [0.3, 0.4) is 0 Å². The summed E-state index contributed by atoms with van der Waals surface area (Å²) in [7, 11) is 0. The maximum atomic E-state index is 15.5. The van der Waals surface area contributed by atoms with Gasteiger partial charge in [0.1, 0.15) is 0 Å². The summed E-state index contributed by atoms with van der Waals surface area (Å²) in [5.41, 5.74) is 9.25. The van der Waals surface area contributed by atoms with Crippen molar-refractivity contribution in [1.82, 2.24) is 5.32 Å². The second-order valence-corrected chi connectivity index (χ2v) is 18.6. The van der Waals surface area contributed by atoms with E-state index in [4.69, 9.17) is 0 Å². The van der Waals surface area contributed by atoms with E-state index in [1.54, 1.807) is 0 Å². The van der Waals surface area contributed by atoms with Crippen LogP contribution in [0.2, 0.25) is 0 Å². The Morgan fingerprint density at radius 2 is 0.779 bits per heavy atom. The van der Waals surface area contributed by atoms with Gasteiger partial charge in [0.15, 0.2) is 34.9 Å². The minimum Gasteiger partial charge on any atom is -0.309 e.